The van der Waals surface area contributed by atoms with Crippen LogP contribution in [0, 0.1) is 0 Å². The number of amides is 2. The highest BCUT2D eigenvalue weighted by molar-refractivity contribution is 7.08. The zero-order valence-corrected chi connectivity index (χ0v) is 14.3. The molecule has 3 rings (SSSR count). The third-order valence-corrected chi connectivity index (χ3v) is 4.16. The number of benzene rings is 1. The second-order valence-corrected chi connectivity index (χ2v) is 6.16. The van der Waals surface area contributed by atoms with Gasteiger partial charge in [-0.05, 0) is 41.8 Å². The van der Waals surface area contributed by atoms with Crippen molar-refractivity contribution in [2.24, 2.45) is 5.73 Å². The Labute approximate surface area is 152 Å². The van der Waals surface area contributed by atoms with Crippen LogP contribution in [0.4, 0.5) is 5.69 Å². The Balaban J connectivity index is 1.68. The first-order valence-electron chi connectivity index (χ1n) is 7.10. The van der Waals surface area contributed by atoms with E-state index in [1.54, 1.807) is 35.7 Å². The van der Waals surface area contributed by atoms with Crippen LogP contribution < -0.4 is 15.8 Å². The number of nitrogens with two attached hydrogens (primary N) is 1. The summed E-state index contributed by atoms with van der Waals surface area (Å²) in [7, 11) is 0. The van der Waals surface area contributed by atoms with E-state index in [4.69, 9.17) is 22.1 Å². The highest BCUT2D eigenvalue weighted by Crippen LogP contribution is 2.28. The van der Waals surface area contributed by atoms with Crippen LogP contribution in [0.5, 0.6) is 11.6 Å². The molecule has 0 saturated carbocycles. The summed E-state index contributed by atoms with van der Waals surface area (Å²) in [4.78, 5) is 27.0. The summed E-state index contributed by atoms with van der Waals surface area (Å²) in [5.41, 5.74) is 6.60. The van der Waals surface area contributed by atoms with E-state index >= 15 is 0 Å². The quantitative estimate of drug-likeness (QED) is 0.708. The second-order valence-electron chi connectivity index (χ2n) is 4.97. The standard InChI is InChI=1S/C17H12ClN3O3S/c18-14-7-11(15(19)22)8-20-17(14)24-13-3-1-12(2-4-13)21-16(23)10-5-6-25-9-10/h1-9H,(H2,19,22)(H,21,23). The van der Waals surface area contributed by atoms with E-state index in [1.165, 1.54) is 23.6 Å². The van der Waals surface area contributed by atoms with Gasteiger partial charge in [0.2, 0.25) is 11.8 Å². The van der Waals surface area contributed by atoms with Crippen LogP contribution in [-0.2, 0) is 0 Å². The van der Waals surface area contributed by atoms with Gasteiger partial charge in [-0.1, -0.05) is 11.6 Å². The Hall–Kier alpha value is -2.90. The summed E-state index contributed by atoms with van der Waals surface area (Å²) in [6.07, 6.45) is 1.29. The first-order chi connectivity index (χ1) is 12.0. The Bertz CT molecular complexity index is 911. The molecule has 3 N–H and O–H groups in total. The van der Waals surface area contributed by atoms with E-state index in [0.29, 0.717) is 17.0 Å². The van der Waals surface area contributed by atoms with Crippen LogP contribution >= 0.6 is 22.9 Å². The fourth-order valence-electron chi connectivity index (χ4n) is 1.95. The second kappa shape index (κ2) is 7.33. The van der Waals surface area contributed by atoms with E-state index in [9.17, 15) is 9.59 Å². The van der Waals surface area contributed by atoms with Gasteiger partial charge in [0.1, 0.15) is 10.8 Å². The monoisotopic (exact) mass is 373 g/mol. The lowest BCUT2D eigenvalue weighted by Gasteiger charge is -2.08. The third-order valence-electron chi connectivity index (χ3n) is 3.20. The lowest BCUT2D eigenvalue weighted by molar-refractivity contribution is 0.0997. The van der Waals surface area contributed by atoms with Gasteiger partial charge in [-0.3, -0.25) is 9.59 Å². The van der Waals surface area contributed by atoms with Gasteiger partial charge in [-0.2, -0.15) is 11.3 Å². The number of ether oxygens (including phenoxy) is 1. The molecule has 0 fully saturated rings. The van der Waals surface area contributed by atoms with E-state index < -0.39 is 5.91 Å². The first-order valence-corrected chi connectivity index (χ1v) is 8.42. The number of nitrogens with zero attached hydrogens (tertiary/aromatic N) is 1. The van der Waals surface area contributed by atoms with Gasteiger partial charge in [0.15, 0.2) is 0 Å². The van der Waals surface area contributed by atoms with Crippen LogP contribution in [0.15, 0.2) is 53.4 Å². The summed E-state index contributed by atoms with van der Waals surface area (Å²) in [6, 6.07) is 9.88. The van der Waals surface area contributed by atoms with Crippen LogP contribution in [0.25, 0.3) is 0 Å². The summed E-state index contributed by atoms with van der Waals surface area (Å²) < 4.78 is 5.57. The van der Waals surface area contributed by atoms with Crippen molar-refractivity contribution >= 4 is 40.4 Å². The molecule has 2 heterocycles. The van der Waals surface area contributed by atoms with Crippen molar-refractivity contribution in [3.63, 3.8) is 0 Å². The maximum atomic E-state index is 12.0. The molecule has 2 amide bonds. The van der Waals surface area contributed by atoms with Crippen molar-refractivity contribution in [2.75, 3.05) is 5.32 Å². The van der Waals surface area contributed by atoms with Crippen LogP contribution in [0.1, 0.15) is 20.7 Å². The molecule has 0 aliphatic heterocycles. The average Bonchev–Trinajstić information content (AvgIpc) is 3.13. The number of hydrogen-bond donors (Lipinski definition) is 2. The highest BCUT2D eigenvalue weighted by atomic mass is 35.5. The lowest BCUT2D eigenvalue weighted by Crippen LogP contribution is -2.11. The summed E-state index contributed by atoms with van der Waals surface area (Å²) in [5, 5.41) is 6.57. The van der Waals surface area contributed by atoms with Gasteiger partial charge in [-0.15, -0.1) is 0 Å². The molecule has 1 aromatic carbocycles. The molecule has 2 aromatic heterocycles. The van der Waals surface area contributed by atoms with Crippen molar-refractivity contribution in [2.45, 2.75) is 0 Å². The van der Waals surface area contributed by atoms with E-state index in [-0.39, 0.29) is 22.4 Å². The summed E-state index contributed by atoms with van der Waals surface area (Å²) in [5.74, 6) is -0.162. The number of aromatic nitrogens is 1. The van der Waals surface area contributed by atoms with Gasteiger partial charge in [-0.25, -0.2) is 4.98 Å². The molecule has 8 heteroatoms. The molecular formula is C17H12ClN3O3S. The van der Waals surface area contributed by atoms with Crippen molar-refractivity contribution in [1.29, 1.82) is 0 Å². The van der Waals surface area contributed by atoms with Crippen LogP contribution in [0.3, 0.4) is 0 Å². The molecule has 6 nitrogen and oxygen atoms in total. The van der Waals surface area contributed by atoms with Gasteiger partial charge in [0, 0.05) is 17.3 Å². The minimum absolute atomic E-state index is 0.154. The SMILES string of the molecule is NC(=O)c1cnc(Oc2ccc(NC(=O)c3ccsc3)cc2)c(Cl)c1. The molecule has 0 aliphatic rings. The molecular weight excluding hydrogens is 362 g/mol. The maximum Gasteiger partial charge on any atom is 0.256 e. The Kier molecular flexibility index (Phi) is 4.97. The Morgan fingerprint density at radius 3 is 2.52 bits per heavy atom. The first kappa shape index (κ1) is 16.9. The van der Waals surface area contributed by atoms with Crippen molar-refractivity contribution in [3.05, 3.63) is 69.5 Å². The predicted octanol–water partition coefficient (Wildman–Crippen LogP) is 3.94. The molecule has 3 aromatic rings. The maximum absolute atomic E-state index is 12.0. The number of carbonyl (C=O) groups excluding carboxylic acids is 2. The van der Waals surface area contributed by atoms with Crippen LogP contribution in [0.2, 0.25) is 5.02 Å². The largest absolute Gasteiger partial charge is 0.438 e. The lowest BCUT2D eigenvalue weighted by atomic mass is 10.2. The average molecular weight is 374 g/mol. The van der Waals surface area contributed by atoms with Gasteiger partial charge in [0.25, 0.3) is 5.91 Å². The number of rotatable bonds is 5. The number of halogens is 1. The highest BCUT2D eigenvalue weighted by Gasteiger charge is 2.10. The minimum Gasteiger partial charge on any atom is -0.438 e. The molecule has 0 spiro atoms. The molecule has 0 bridgehead atoms. The number of nitrogens with one attached hydrogen (secondary N) is 1. The zero-order valence-electron chi connectivity index (χ0n) is 12.7. The number of hydrogen-bond acceptors (Lipinski definition) is 5. The van der Waals surface area contributed by atoms with Gasteiger partial charge in [0.05, 0.1) is 11.1 Å². The topological polar surface area (TPSA) is 94.3 Å². The van der Waals surface area contributed by atoms with E-state index in [1.807, 2.05) is 5.38 Å². The number of anilines is 1. The number of carbonyl (C=O) groups is 2. The molecule has 0 saturated heterocycles. The van der Waals surface area contributed by atoms with E-state index in [0.717, 1.165) is 0 Å². The van der Waals surface area contributed by atoms with Crippen molar-refractivity contribution < 1.29 is 14.3 Å². The fraction of sp³-hybridized carbons (Fsp3) is 0. The molecule has 0 unspecified atom stereocenters. The molecule has 126 valence electrons. The van der Waals surface area contributed by atoms with Crippen LogP contribution in [-0.4, -0.2) is 16.8 Å². The minimum atomic E-state index is -0.619. The molecule has 0 radical (unpaired) electrons. The number of primary amides is 1. The number of pyridine rings is 1. The van der Waals surface area contributed by atoms with Crippen molar-refractivity contribution in [1.82, 2.24) is 4.98 Å². The third kappa shape index (κ3) is 4.14. The van der Waals surface area contributed by atoms with Gasteiger partial charge < -0.3 is 15.8 Å². The summed E-state index contributed by atoms with van der Waals surface area (Å²) in [6.45, 7) is 0. The Morgan fingerprint density at radius 2 is 1.92 bits per heavy atom. The fourth-order valence-corrected chi connectivity index (χ4v) is 2.79. The molecule has 0 aliphatic carbocycles. The molecule has 0 atom stereocenters. The summed E-state index contributed by atoms with van der Waals surface area (Å²) >= 11 is 7.49. The Morgan fingerprint density at radius 1 is 1.16 bits per heavy atom. The zero-order chi connectivity index (χ0) is 17.8. The van der Waals surface area contributed by atoms with Crippen molar-refractivity contribution in [3.8, 4) is 11.6 Å². The number of thiophene rings is 1. The van der Waals surface area contributed by atoms with E-state index in [2.05, 4.69) is 10.3 Å². The molecule has 25 heavy (non-hydrogen) atoms. The predicted molar refractivity (Wildman–Crippen MR) is 96.6 cm³/mol. The normalized spacial score (nSPS) is 10.3. The van der Waals surface area contributed by atoms with Gasteiger partial charge >= 0.3 is 0 Å². The smallest absolute Gasteiger partial charge is 0.256 e.